The van der Waals surface area contributed by atoms with Crippen LogP contribution in [0.25, 0.3) is 0 Å². The minimum Gasteiger partial charge on any atom is -0.324 e. The Labute approximate surface area is 347 Å². The summed E-state index contributed by atoms with van der Waals surface area (Å²) in [4.78, 5) is 17.8. The van der Waals surface area contributed by atoms with Crippen molar-refractivity contribution < 1.29 is 14.4 Å². The van der Waals surface area contributed by atoms with Crippen LogP contribution in [0.4, 0.5) is 0 Å². The Morgan fingerprint density at radius 2 is 0.582 bits per heavy atom. The quantitative estimate of drug-likeness (QED) is 0.0269. The molecule has 0 saturated heterocycles. The van der Waals surface area contributed by atoms with Gasteiger partial charge < -0.3 is 31.1 Å². The van der Waals surface area contributed by atoms with Crippen LogP contribution in [0.5, 0.6) is 0 Å². The molecule has 6 N–H and O–H groups in total. The normalized spacial score (nSPS) is 11.9. The molecular formula is C47H105N4O3P. The second kappa shape index (κ2) is 54.0. The summed E-state index contributed by atoms with van der Waals surface area (Å²) < 4.78 is 10.9. The lowest BCUT2D eigenvalue weighted by molar-refractivity contribution is 0.355. The maximum atomic E-state index is 10.9. The largest absolute Gasteiger partial charge is 0.328 e. The molecule has 0 fully saturated rings. The summed E-state index contributed by atoms with van der Waals surface area (Å²) in [6, 6.07) is 0. The van der Waals surface area contributed by atoms with Gasteiger partial charge in [-0.05, 0) is 84.5 Å². The molecule has 0 aliphatic heterocycles. The summed E-state index contributed by atoms with van der Waals surface area (Å²) in [6.45, 7) is 22.0. The van der Waals surface area contributed by atoms with E-state index in [1.807, 2.05) is 0 Å². The summed E-state index contributed by atoms with van der Waals surface area (Å²) >= 11 is 0. The summed E-state index contributed by atoms with van der Waals surface area (Å²) in [7, 11) is -3.83. The van der Waals surface area contributed by atoms with Gasteiger partial charge in [-0.1, -0.05) is 215 Å². The van der Waals surface area contributed by atoms with E-state index in [0.717, 1.165) is 39.0 Å². The van der Waals surface area contributed by atoms with Gasteiger partial charge in [-0.2, -0.15) is 0 Å². The molecule has 0 aromatic rings. The topological polar surface area (TPSA) is 106 Å². The predicted molar refractivity (Wildman–Crippen MR) is 249 cm³/mol. The zero-order valence-corrected chi connectivity index (χ0v) is 39.5. The van der Waals surface area contributed by atoms with Crippen LogP contribution in [0.1, 0.15) is 247 Å². The Kier molecular flexibility index (Phi) is 58.2. The van der Waals surface area contributed by atoms with E-state index in [0.29, 0.717) is 6.42 Å². The minimum atomic E-state index is -3.83. The highest BCUT2D eigenvalue weighted by Crippen LogP contribution is 2.43. The lowest BCUT2D eigenvalue weighted by atomic mass is 10.1. The van der Waals surface area contributed by atoms with Crippen LogP contribution in [-0.4, -0.2) is 67.8 Å². The van der Waals surface area contributed by atoms with Crippen molar-refractivity contribution in [3.05, 3.63) is 0 Å². The highest BCUT2D eigenvalue weighted by Gasteiger charge is 2.22. The molecule has 7 nitrogen and oxygen atoms in total. The van der Waals surface area contributed by atoms with E-state index < -0.39 is 13.3 Å². The van der Waals surface area contributed by atoms with Gasteiger partial charge in [-0.15, -0.1) is 0 Å². The van der Waals surface area contributed by atoms with Gasteiger partial charge >= 0.3 is 7.60 Å². The number of hydrogen-bond acceptors (Lipinski definition) is 5. The zero-order chi connectivity index (χ0) is 41.2. The van der Waals surface area contributed by atoms with Gasteiger partial charge in [0.25, 0.3) is 0 Å². The average Bonchev–Trinajstić information content (AvgIpc) is 3.17. The Bertz CT molecular complexity index is 631. The Morgan fingerprint density at radius 1 is 0.345 bits per heavy atom. The van der Waals surface area contributed by atoms with Crippen LogP contribution in [0.3, 0.4) is 0 Å². The lowest BCUT2D eigenvalue weighted by Gasteiger charge is -2.12. The van der Waals surface area contributed by atoms with Crippen LogP contribution >= 0.6 is 7.60 Å². The molecule has 0 heterocycles. The van der Waals surface area contributed by atoms with Crippen molar-refractivity contribution >= 4 is 7.60 Å². The van der Waals surface area contributed by atoms with Crippen molar-refractivity contribution in [1.82, 2.24) is 21.3 Å². The molecule has 8 heteroatoms. The van der Waals surface area contributed by atoms with Crippen LogP contribution < -0.4 is 21.3 Å². The zero-order valence-electron chi connectivity index (χ0n) is 38.6. The van der Waals surface area contributed by atoms with Gasteiger partial charge in [0.2, 0.25) is 0 Å². The molecule has 0 bridgehead atoms. The van der Waals surface area contributed by atoms with Crippen molar-refractivity contribution in [2.75, 3.05) is 52.4 Å². The van der Waals surface area contributed by atoms with E-state index in [1.165, 1.54) is 212 Å². The van der Waals surface area contributed by atoms with E-state index in [4.69, 9.17) is 9.79 Å². The summed E-state index contributed by atoms with van der Waals surface area (Å²) in [5.41, 5.74) is -0.466. The van der Waals surface area contributed by atoms with Crippen LogP contribution in [-0.2, 0) is 4.57 Å². The monoisotopic (exact) mass is 805 g/mol. The first-order chi connectivity index (χ1) is 26.8. The third-order valence-corrected chi connectivity index (χ3v) is 12.0. The van der Waals surface area contributed by atoms with Gasteiger partial charge in [0.05, 0.1) is 5.66 Å². The number of rotatable bonds is 43. The molecule has 0 aliphatic carbocycles. The summed E-state index contributed by atoms with van der Waals surface area (Å²) in [6.07, 6.45) is 42.9. The third-order valence-electron chi connectivity index (χ3n) is 10.6. The van der Waals surface area contributed by atoms with Crippen molar-refractivity contribution in [3.8, 4) is 0 Å². The van der Waals surface area contributed by atoms with Gasteiger partial charge in [-0.3, -0.25) is 4.57 Å². The first-order valence-electron chi connectivity index (χ1n) is 24.7. The summed E-state index contributed by atoms with van der Waals surface area (Å²) in [5, 5.41) is 13.8. The van der Waals surface area contributed by atoms with Gasteiger partial charge in [0.1, 0.15) is 0 Å². The molecule has 1 unspecified atom stereocenters. The van der Waals surface area contributed by atoms with Crippen molar-refractivity contribution in [1.29, 1.82) is 0 Å². The fourth-order valence-corrected chi connectivity index (χ4v) is 7.19. The van der Waals surface area contributed by atoms with E-state index in [1.54, 1.807) is 6.92 Å². The molecule has 0 rings (SSSR count). The highest BCUT2D eigenvalue weighted by molar-refractivity contribution is 7.52. The Hall–Kier alpha value is -0.0100. The van der Waals surface area contributed by atoms with Crippen molar-refractivity contribution in [2.24, 2.45) is 0 Å². The fourth-order valence-electron chi connectivity index (χ4n) is 6.67. The van der Waals surface area contributed by atoms with E-state index >= 15 is 0 Å². The summed E-state index contributed by atoms with van der Waals surface area (Å²) in [5.74, 6) is 0. The molecule has 0 radical (unpaired) electrons. The standard InChI is InChI=1S/2C17H38N2.C13H29O3P/c2*1-3-5-6-7-8-9-10-11-12-13-15-19-17-14-16-18-4-2;1-3-4-5-6-7-8-9-10-11-12-13(2)17(14,15)16/h2*18-19H,3-17H2,1-2H3;13H,3-12H2,1-2H3,(H2,14,15,16). The molecule has 336 valence electrons. The highest BCUT2D eigenvalue weighted by atomic mass is 31.2. The smallest absolute Gasteiger partial charge is 0.324 e. The first kappa shape index (κ1) is 59.3. The minimum absolute atomic E-state index is 0.466. The second-order valence-corrected chi connectivity index (χ2v) is 18.4. The van der Waals surface area contributed by atoms with E-state index in [9.17, 15) is 4.57 Å². The van der Waals surface area contributed by atoms with Crippen LogP contribution in [0.15, 0.2) is 0 Å². The Morgan fingerprint density at radius 3 is 0.855 bits per heavy atom. The first-order valence-corrected chi connectivity index (χ1v) is 26.4. The molecule has 0 spiro atoms. The van der Waals surface area contributed by atoms with Crippen LogP contribution in [0.2, 0.25) is 0 Å². The van der Waals surface area contributed by atoms with Gasteiger partial charge in [0, 0.05) is 0 Å². The lowest BCUT2D eigenvalue weighted by Crippen LogP contribution is -2.22. The SMILES string of the molecule is CCCCCCCCCCCC(C)P(=O)(O)O.CCCCCCCCCCCCNCCCNCC.CCCCCCCCCCCCNCCCNCC. The predicted octanol–water partition coefficient (Wildman–Crippen LogP) is 13.5. The van der Waals surface area contributed by atoms with E-state index in [2.05, 4.69) is 55.9 Å². The third kappa shape index (κ3) is 60.8. The molecule has 0 aromatic carbocycles. The molecule has 1 atom stereocenters. The second-order valence-electron chi connectivity index (χ2n) is 16.3. The molecule has 0 saturated carbocycles. The van der Waals surface area contributed by atoms with Gasteiger partial charge in [0.15, 0.2) is 0 Å². The molecule has 0 aromatic heterocycles. The van der Waals surface area contributed by atoms with E-state index in [-0.39, 0.29) is 0 Å². The molecule has 0 amide bonds. The number of unbranched alkanes of at least 4 members (excludes halogenated alkanes) is 26. The van der Waals surface area contributed by atoms with Crippen molar-refractivity contribution in [3.63, 3.8) is 0 Å². The maximum absolute atomic E-state index is 10.9. The molecule has 55 heavy (non-hydrogen) atoms. The van der Waals surface area contributed by atoms with Gasteiger partial charge in [-0.25, -0.2) is 0 Å². The maximum Gasteiger partial charge on any atom is 0.328 e. The average molecular weight is 805 g/mol. The fraction of sp³-hybridized carbons (Fsp3) is 1.00. The number of hydrogen-bond donors (Lipinski definition) is 6. The molecular weight excluding hydrogens is 700 g/mol. The molecule has 0 aliphatic rings. The van der Waals surface area contributed by atoms with Crippen LogP contribution in [0, 0.1) is 0 Å². The van der Waals surface area contributed by atoms with Crippen molar-refractivity contribution in [2.45, 2.75) is 253 Å². The Balaban J connectivity index is -0.000000739. The number of nitrogens with one attached hydrogen (secondary N) is 4.